The second-order valence-electron chi connectivity index (χ2n) is 6.55. The van der Waals surface area contributed by atoms with E-state index in [0.717, 1.165) is 11.1 Å². The summed E-state index contributed by atoms with van der Waals surface area (Å²) in [5, 5.41) is 0. The molecule has 0 saturated carbocycles. The third kappa shape index (κ3) is 2.22. The van der Waals surface area contributed by atoms with Gasteiger partial charge in [0.2, 0.25) is 0 Å². The highest BCUT2D eigenvalue weighted by molar-refractivity contribution is 6.04. The quantitative estimate of drug-likeness (QED) is 0.590. The molecule has 1 heteroatoms. The minimum absolute atomic E-state index is 0.0301. The second kappa shape index (κ2) is 3.33. The highest BCUT2D eigenvalue weighted by Gasteiger charge is 2.41. The fraction of sp³-hybridized carbons (Fsp3) is 0.643. The van der Waals surface area contributed by atoms with Gasteiger partial charge in [-0.3, -0.25) is 4.79 Å². The first-order valence-corrected chi connectivity index (χ1v) is 5.50. The van der Waals surface area contributed by atoms with Crippen molar-refractivity contribution in [1.29, 1.82) is 0 Å². The lowest BCUT2D eigenvalue weighted by molar-refractivity contribution is -0.120. The Morgan fingerprint density at radius 3 is 1.80 bits per heavy atom. The first-order valence-electron chi connectivity index (χ1n) is 5.50. The minimum Gasteiger partial charge on any atom is -0.294 e. The van der Waals surface area contributed by atoms with E-state index in [1.807, 2.05) is 6.08 Å². The number of ketones is 1. The molecule has 0 spiro atoms. The summed E-state index contributed by atoms with van der Waals surface area (Å²) in [4.78, 5) is 12.3. The third-order valence-corrected chi connectivity index (χ3v) is 2.90. The average molecular weight is 206 g/mol. The molecule has 15 heavy (non-hydrogen) atoms. The van der Waals surface area contributed by atoms with Crippen molar-refractivity contribution in [3.8, 4) is 0 Å². The molecule has 0 aromatic rings. The van der Waals surface area contributed by atoms with Gasteiger partial charge in [0.05, 0.1) is 5.92 Å². The SMILES string of the molecule is C=C1C=C(C(C)(C)C)C(=O)C1C(C)(C)C. The van der Waals surface area contributed by atoms with Gasteiger partial charge in [-0.05, 0) is 16.4 Å². The van der Waals surface area contributed by atoms with Crippen LogP contribution in [0.3, 0.4) is 0 Å². The number of allylic oxidation sites excluding steroid dienone is 3. The van der Waals surface area contributed by atoms with Gasteiger partial charge in [0.1, 0.15) is 0 Å². The van der Waals surface area contributed by atoms with Crippen molar-refractivity contribution in [2.45, 2.75) is 41.5 Å². The maximum atomic E-state index is 12.3. The van der Waals surface area contributed by atoms with Crippen LogP contribution in [-0.2, 0) is 4.79 Å². The molecule has 0 radical (unpaired) electrons. The van der Waals surface area contributed by atoms with Crippen molar-refractivity contribution in [3.63, 3.8) is 0 Å². The summed E-state index contributed by atoms with van der Waals surface area (Å²) in [6.07, 6.45) is 1.98. The van der Waals surface area contributed by atoms with E-state index in [1.165, 1.54) is 0 Å². The molecule has 84 valence electrons. The molecule has 1 aliphatic rings. The van der Waals surface area contributed by atoms with Gasteiger partial charge in [-0.15, -0.1) is 0 Å². The van der Waals surface area contributed by atoms with Gasteiger partial charge in [-0.2, -0.15) is 0 Å². The molecule has 0 heterocycles. The Morgan fingerprint density at radius 1 is 1.13 bits per heavy atom. The fourth-order valence-corrected chi connectivity index (χ4v) is 2.20. The van der Waals surface area contributed by atoms with Crippen LogP contribution < -0.4 is 0 Å². The molecule has 0 fully saturated rings. The Labute approximate surface area is 93.3 Å². The van der Waals surface area contributed by atoms with E-state index >= 15 is 0 Å². The number of hydrogen-bond acceptors (Lipinski definition) is 1. The van der Waals surface area contributed by atoms with Crippen LogP contribution in [0.5, 0.6) is 0 Å². The molecular weight excluding hydrogens is 184 g/mol. The molecule has 1 atom stereocenters. The molecule has 0 saturated heterocycles. The minimum atomic E-state index is -0.0694. The Balaban J connectivity index is 3.10. The average Bonchev–Trinajstić information content (AvgIpc) is 2.22. The van der Waals surface area contributed by atoms with Crippen LogP contribution >= 0.6 is 0 Å². The lowest BCUT2D eigenvalue weighted by Gasteiger charge is -2.28. The van der Waals surface area contributed by atoms with E-state index in [4.69, 9.17) is 0 Å². The van der Waals surface area contributed by atoms with E-state index in [-0.39, 0.29) is 22.5 Å². The van der Waals surface area contributed by atoms with Crippen molar-refractivity contribution in [2.24, 2.45) is 16.7 Å². The summed E-state index contributed by atoms with van der Waals surface area (Å²) in [6.45, 7) is 16.5. The van der Waals surface area contributed by atoms with Crippen molar-refractivity contribution in [2.75, 3.05) is 0 Å². The standard InChI is InChI=1S/C14H22O/c1-9-8-10(13(2,3)4)12(15)11(9)14(5,6)7/h8,11H,1H2,2-7H3. The van der Waals surface area contributed by atoms with E-state index in [9.17, 15) is 4.79 Å². The monoisotopic (exact) mass is 206 g/mol. The zero-order valence-corrected chi connectivity index (χ0v) is 10.8. The molecule has 0 aromatic heterocycles. The predicted octanol–water partition coefficient (Wildman–Crippen LogP) is 3.76. The number of rotatable bonds is 0. The van der Waals surface area contributed by atoms with Gasteiger partial charge in [-0.1, -0.05) is 54.2 Å². The largest absolute Gasteiger partial charge is 0.294 e. The van der Waals surface area contributed by atoms with E-state index in [0.29, 0.717) is 0 Å². The molecule has 1 nitrogen and oxygen atoms in total. The second-order valence-corrected chi connectivity index (χ2v) is 6.55. The molecule has 1 rings (SSSR count). The summed E-state index contributed by atoms with van der Waals surface area (Å²) < 4.78 is 0. The van der Waals surface area contributed by atoms with Crippen LogP contribution in [0.4, 0.5) is 0 Å². The highest BCUT2D eigenvalue weighted by atomic mass is 16.1. The smallest absolute Gasteiger partial charge is 0.167 e. The fourth-order valence-electron chi connectivity index (χ4n) is 2.20. The van der Waals surface area contributed by atoms with Gasteiger partial charge in [-0.25, -0.2) is 0 Å². The highest BCUT2D eigenvalue weighted by Crippen LogP contribution is 2.43. The van der Waals surface area contributed by atoms with Crippen molar-refractivity contribution >= 4 is 5.78 Å². The lowest BCUT2D eigenvalue weighted by Crippen LogP contribution is -2.29. The van der Waals surface area contributed by atoms with Crippen LogP contribution in [0.1, 0.15) is 41.5 Å². The first kappa shape index (κ1) is 12.2. The van der Waals surface area contributed by atoms with Crippen LogP contribution in [0.15, 0.2) is 23.8 Å². The van der Waals surface area contributed by atoms with Gasteiger partial charge in [0.15, 0.2) is 5.78 Å². The molecule has 0 aromatic carbocycles. The number of Topliss-reactive ketones (excluding diaryl/α,β-unsaturated/α-hetero) is 1. The van der Waals surface area contributed by atoms with E-state index in [2.05, 4.69) is 48.1 Å². The maximum Gasteiger partial charge on any atom is 0.167 e. The van der Waals surface area contributed by atoms with Crippen molar-refractivity contribution in [1.82, 2.24) is 0 Å². The Bertz CT molecular complexity index is 331. The Kier molecular flexibility index (Phi) is 2.71. The molecule has 0 bridgehead atoms. The topological polar surface area (TPSA) is 17.1 Å². The van der Waals surface area contributed by atoms with Crippen molar-refractivity contribution < 1.29 is 4.79 Å². The van der Waals surface area contributed by atoms with Crippen molar-refractivity contribution in [3.05, 3.63) is 23.8 Å². The van der Waals surface area contributed by atoms with Gasteiger partial charge < -0.3 is 0 Å². The summed E-state index contributed by atoms with van der Waals surface area (Å²) in [6, 6.07) is 0. The van der Waals surface area contributed by atoms with Gasteiger partial charge >= 0.3 is 0 Å². The predicted molar refractivity (Wildman–Crippen MR) is 64.6 cm³/mol. The normalized spacial score (nSPS) is 23.3. The van der Waals surface area contributed by atoms with E-state index < -0.39 is 0 Å². The molecule has 0 aliphatic heterocycles. The van der Waals surface area contributed by atoms with Crippen LogP contribution in [0, 0.1) is 16.7 Å². The maximum absolute atomic E-state index is 12.3. The molecular formula is C14H22O. The summed E-state index contributed by atoms with van der Waals surface area (Å²) in [5.41, 5.74) is 1.79. The zero-order valence-electron chi connectivity index (χ0n) is 10.8. The first-order chi connectivity index (χ1) is 6.55. The summed E-state index contributed by atoms with van der Waals surface area (Å²) in [5.74, 6) is 0.228. The van der Waals surface area contributed by atoms with Crippen LogP contribution in [0.2, 0.25) is 0 Å². The zero-order chi connectivity index (χ0) is 12.0. The van der Waals surface area contributed by atoms with E-state index in [1.54, 1.807) is 0 Å². The molecule has 1 unspecified atom stereocenters. The van der Waals surface area contributed by atoms with Crippen LogP contribution in [-0.4, -0.2) is 5.78 Å². The molecule has 0 N–H and O–H groups in total. The summed E-state index contributed by atoms with van der Waals surface area (Å²) >= 11 is 0. The molecule has 1 aliphatic carbocycles. The lowest BCUT2D eigenvalue weighted by atomic mass is 9.74. The Hall–Kier alpha value is -0.850. The third-order valence-electron chi connectivity index (χ3n) is 2.90. The number of carbonyl (C=O) groups is 1. The molecule has 0 amide bonds. The van der Waals surface area contributed by atoms with Gasteiger partial charge in [0, 0.05) is 5.57 Å². The van der Waals surface area contributed by atoms with Crippen LogP contribution in [0.25, 0.3) is 0 Å². The Morgan fingerprint density at radius 2 is 1.60 bits per heavy atom. The number of hydrogen-bond donors (Lipinski definition) is 0. The summed E-state index contributed by atoms with van der Waals surface area (Å²) in [7, 11) is 0. The van der Waals surface area contributed by atoms with Gasteiger partial charge in [0.25, 0.3) is 0 Å². The number of carbonyl (C=O) groups excluding carboxylic acids is 1.